The van der Waals surface area contributed by atoms with Gasteiger partial charge in [-0.2, -0.15) is 5.10 Å². The zero-order valence-corrected chi connectivity index (χ0v) is 24.5. The van der Waals surface area contributed by atoms with Gasteiger partial charge in [0.2, 0.25) is 0 Å². The molecule has 0 aliphatic rings. The van der Waals surface area contributed by atoms with E-state index in [0.717, 1.165) is 9.87 Å². The van der Waals surface area contributed by atoms with E-state index >= 15 is 0 Å². The number of hydrazone groups is 1. The molecule has 4 aromatic rings. The summed E-state index contributed by atoms with van der Waals surface area (Å²) >= 11 is 9.49. The zero-order valence-electron chi connectivity index (χ0n) is 21.3. The van der Waals surface area contributed by atoms with Gasteiger partial charge >= 0.3 is 0 Å². The van der Waals surface area contributed by atoms with Gasteiger partial charge in [-0.05, 0) is 75.6 Å². The second-order valence-electron chi connectivity index (χ2n) is 8.40. The third-order valence-electron chi connectivity index (χ3n) is 5.61. The van der Waals surface area contributed by atoms with Crippen molar-refractivity contribution in [3.05, 3.63) is 118 Å². The number of rotatable bonds is 11. The number of carbonyl (C=O) groups is 1. The minimum atomic E-state index is -4.04. The number of amides is 1. The van der Waals surface area contributed by atoms with E-state index in [9.17, 15) is 13.2 Å². The number of anilines is 1. The fraction of sp³-hybridized carbons (Fsp3) is 0.103. The van der Waals surface area contributed by atoms with Gasteiger partial charge in [0.1, 0.15) is 13.2 Å². The van der Waals surface area contributed by atoms with Gasteiger partial charge < -0.3 is 9.47 Å². The predicted octanol–water partition coefficient (Wildman–Crippen LogP) is 6.04. The first-order valence-electron chi connectivity index (χ1n) is 12.0. The summed E-state index contributed by atoms with van der Waals surface area (Å²) in [6.07, 6.45) is 1.42. The van der Waals surface area contributed by atoms with Crippen LogP contribution < -0.4 is 19.2 Å². The van der Waals surface area contributed by atoms with Crippen LogP contribution in [0.15, 0.2) is 112 Å². The van der Waals surface area contributed by atoms with Crippen molar-refractivity contribution in [1.29, 1.82) is 0 Å². The summed E-state index contributed by atoms with van der Waals surface area (Å²) in [5.74, 6) is 0.359. The average Bonchev–Trinajstić information content (AvgIpc) is 2.96. The number of halogens is 2. The smallest absolute Gasteiger partial charge is 0.264 e. The molecule has 0 saturated heterocycles. The summed E-state index contributed by atoms with van der Waals surface area (Å²) in [6.45, 7) is -0.148. The fourth-order valence-corrected chi connectivity index (χ4v) is 5.81. The van der Waals surface area contributed by atoms with Crippen molar-refractivity contribution in [1.82, 2.24) is 5.43 Å². The highest BCUT2D eigenvalue weighted by molar-refractivity contribution is 9.10. The van der Waals surface area contributed by atoms with E-state index in [1.165, 1.54) is 37.6 Å². The van der Waals surface area contributed by atoms with Crippen molar-refractivity contribution in [3.63, 3.8) is 0 Å². The van der Waals surface area contributed by atoms with Crippen molar-refractivity contribution >= 4 is 55.4 Å². The topological polar surface area (TPSA) is 97.3 Å². The second kappa shape index (κ2) is 13.5. The molecule has 0 heterocycles. The Bertz CT molecular complexity index is 1590. The summed E-state index contributed by atoms with van der Waals surface area (Å²) < 4.78 is 39.8. The van der Waals surface area contributed by atoms with Crippen LogP contribution in [-0.4, -0.2) is 34.2 Å². The highest BCUT2D eigenvalue weighted by Gasteiger charge is 2.27. The quantitative estimate of drug-likeness (QED) is 0.159. The standard InChI is InChI=1S/C29H25BrClN3O5S/c1-38-27-17-22(16-26(30)29(27)39-20-21-8-4-2-5-9-21)18-32-33-28(35)19-34(24-14-12-23(31)13-15-24)40(36,37)25-10-6-3-7-11-25/h2-18H,19-20H2,1H3,(H,33,35)/b32-18+. The number of hydrogen-bond donors (Lipinski definition) is 1. The molecule has 206 valence electrons. The van der Waals surface area contributed by atoms with Crippen LogP contribution in [-0.2, 0) is 21.4 Å². The van der Waals surface area contributed by atoms with E-state index in [0.29, 0.717) is 33.2 Å². The Morgan fingerprint density at radius 1 is 1.00 bits per heavy atom. The Balaban J connectivity index is 1.48. The summed E-state index contributed by atoms with van der Waals surface area (Å²) in [4.78, 5) is 12.9. The number of carbonyl (C=O) groups excluding carboxylic acids is 1. The summed E-state index contributed by atoms with van der Waals surface area (Å²) in [7, 11) is -2.52. The van der Waals surface area contributed by atoms with Crippen LogP contribution in [0, 0.1) is 0 Å². The van der Waals surface area contributed by atoms with Gasteiger partial charge in [-0.15, -0.1) is 0 Å². The molecule has 8 nitrogen and oxygen atoms in total. The molecule has 0 spiro atoms. The highest BCUT2D eigenvalue weighted by atomic mass is 79.9. The van der Waals surface area contributed by atoms with E-state index < -0.39 is 22.5 Å². The highest BCUT2D eigenvalue weighted by Crippen LogP contribution is 2.37. The van der Waals surface area contributed by atoms with E-state index in [1.54, 1.807) is 42.5 Å². The van der Waals surface area contributed by atoms with Crippen molar-refractivity contribution in [2.24, 2.45) is 5.10 Å². The third kappa shape index (κ3) is 7.41. The molecule has 40 heavy (non-hydrogen) atoms. The Morgan fingerprint density at radius 3 is 2.30 bits per heavy atom. The van der Waals surface area contributed by atoms with Crippen LogP contribution in [0.2, 0.25) is 5.02 Å². The van der Waals surface area contributed by atoms with Crippen LogP contribution in [0.1, 0.15) is 11.1 Å². The largest absolute Gasteiger partial charge is 0.493 e. The lowest BCUT2D eigenvalue weighted by Crippen LogP contribution is -2.39. The lowest BCUT2D eigenvalue weighted by atomic mass is 10.2. The summed E-state index contributed by atoms with van der Waals surface area (Å²) in [5.41, 5.74) is 4.30. The first kappa shape index (κ1) is 29.1. The molecule has 0 fully saturated rings. The van der Waals surface area contributed by atoms with Gasteiger partial charge in [0.15, 0.2) is 11.5 Å². The van der Waals surface area contributed by atoms with Gasteiger partial charge in [-0.25, -0.2) is 13.8 Å². The van der Waals surface area contributed by atoms with Crippen molar-refractivity contribution < 1.29 is 22.7 Å². The number of hydrogen-bond acceptors (Lipinski definition) is 6. The second-order valence-corrected chi connectivity index (χ2v) is 11.6. The zero-order chi connectivity index (χ0) is 28.5. The van der Waals surface area contributed by atoms with E-state index in [2.05, 4.69) is 26.5 Å². The molecule has 1 N–H and O–H groups in total. The molecule has 0 atom stereocenters. The lowest BCUT2D eigenvalue weighted by Gasteiger charge is -2.23. The average molecular weight is 643 g/mol. The van der Waals surface area contributed by atoms with Crippen LogP contribution >= 0.6 is 27.5 Å². The molecular formula is C29H25BrClN3O5S. The molecule has 11 heteroatoms. The van der Waals surface area contributed by atoms with E-state index in [1.807, 2.05) is 30.3 Å². The fourth-order valence-electron chi connectivity index (χ4n) is 3.67. The molecule has 4 rings (SSSR count). The Hall–Kier alpha value is -3.86. The van der Waals surface area contributed by atoms with E-state index in [-0.39, 0.29) is 10.6 Å². The predicted molar refractivity (Wildman–Crippen MR) is 160 cm³/mol. The van der Waals surface area contributed by atoms with Crippen LogP contribution in [0.5, 0.6) is 11.5 Å². The molecule has 4 aromatic carbocycles. The number of nitrogens with one attached hydrogen (secondary N) is 1. The van der Waals surface area contributed by atoms with Crippen LogP contribution in [0.4, 0.5) is 5.69 Å². The number of sulfonamides is 1. The number of benzene rings is 4. The molecule has 0 unspecified atom stereocenters. The van der Waals surface area contributed by atoms with Gasteiger partial charge in [0.05, 0.1) is 28.4 Å². The summed E-state index contributed by atoms with van der Waals surface area (Å²) in [5, 5.41) is 4.45. The Kier molecular flexibility index (Phi) is 9.81. The number of ether oxygens (including phenoxy) is 2. The molecule has 0 aliphatic heterocycles. The molecule has 0 saturated carbocycles. The molecule has 0 aliphatic carbocycles. The monoisotopic (exact) mass is 641 g/mol. The minimum absolute atomic E-state index is 0.0489. The first-order chi connectivity index (χ1) is 19.3. The van der Waals surface area contributed by atoms with Crippen LogP contribution in [0.25, 0.3) is 0 Å². The minimum Gasteiger partial charge on any atom is -0.493 e. The van der Waals surface area contributed by atoms with Gasteiger partial charge in [0, 0.05) is 5.02 Å². The summed E-state index contributed by atoms with van der Waals surface area (Å²) in [6, 6.07) is 27.2. The van der Waals surface area contributed by atoms with E-state index in [4.69, 9.17) is 21.1 Å². The molecule has 0 bridgehead atoms. The SMILES string of the molecule is COc1cc(/C=N/NC(=O)CN(c2ccc(Cl)cc2)S(=O)(=O)c2ccccc2)cc(Br)c1OCc1ccccc1. The first-order valence-corrected chi connectivity index (χ1v) is 14.6. The Morgan fingerprint density at radius 2 is 1.65 bits per heavy atom. The Labute approximate surface area is 246 Å². The maximum atomic E-state index is 13.4. The van der Waals surface area contributed by atoms with Crippen molar-refractivity contribution in [2.75, 3.05) is 18.0 Å². The molecule has 0 radical (unpaired) electrons. The molecule has 1 amide bonds. The van der Waals surface area contributed by atoms with Gasteiger partial charge in [-0.3, -0.25) is 9.10 Å². The molecule has 0 aromatic heterocycles. The third-order valence-corrected chi connectivity index (χ3v) is 8.24. The number of nitrogens with zero attached hydrogens (tertiary/aromatic N) is 2. The maximum Gasteiger partial charge on any atom is 0.264 e. The maximum absolute atomic E-state index is 13.4. The lowest BCUT2D eigenvalue weighted by molar-refractivity contribution is -0.119. The normalized spacial score (nSPS) is 11.3. The molecular weight excluding hydrogens is 618 g/mol. The number of methoxy groups -OCH3 is 1. The van der Waals surface area contributed by atoms with Crippen molar-refractivity contribution in [2.45, 2.75) is 11.5 Å². The van der Waals surface area contributed by atoms with Crippen molar-refractivity contribution in [3.8, 4) is 11.5 Å². The van der Waals surface area contributed by atoms with Gasteiger partial charge in [-0.1, -0.05) is 60.1 Å². The van der Waals surface area contributed by atoms with Gasteiger partial charge in [0.25, 0.3) is 15.9 Å². The van der Waals surface area contributed by atoms with Crippen LogP contribution in [0.3, 0.4) is 0 Å².